The Bertz CT molecular complexity index is 769. The van der Waals surface area contributed by atoms with Crippen LogP contribution in [0.1, 0.15) is 12.0 Å². The van der Waals surface area contributed by atoms with Crippen molar-refractivity contribution in [3.63, 3.8) is 0 Å². The lowest BCUT2D eigenvalue weighted by molar-refractivity contribution is 0.171. The molecule has 2 aliphatic heterocycles. The smallest absolute Gasteiger partial charge is 0.162 e. The summed E-state index contributed by atoms with van der Waals surface area (Å²) in [4.78, 5) is 2.33. The normalized spacial score (nSPS) is 17.4. The molecule has 6 nitrogen and oxygen atoms in total. The van der Waals surface area contributed by atoms with Crippen LogP contribution < -0.4 is 14.8 Å². The van der Waals surface area contributed by atoms with Crippen LogP contribution in [0.15, 0.2) is 36.0 Å². The number of rotatable bonds is 5. The van der Waals surface area contributed by atoms with Gasteiger partial charge in [-0.2, -0.15) is 5.10 Å². The third-order valence-corrected chi connectivity index (χ3v) is 4.72. The summed E-state index contributed by atoms with van der Waals surface area (Å²) in [6, 6.07) is 6.03. The molecule has 2 N–H and O–H groups in total. The molecular formula is C19H24N4O2. The summed E-state index contributed by atoms with van der Waals surface area (Å²) in [6.07, 6.45) is 5.36. The van der Waals surface area contributed by atoms with Crippen LogP contribution in [0, 0.1) is 0 Å². The van der Waals surface area contributed by atoms with Gasteiger partial charge in [0.1, 0.15) is 13.2 Å². The number of nitrogens with zero attached hydrogens (tertiary/aromatic N) is 2. The van der Waals surface area contributed by atoms with E-state index >= 15 is 0 Å². The lowest BCUT2D eigenvalue weighted by Crippen LogP contribution is -2.27. The summed E-state index contributed by atoms with van der Waals surface area (Å²) in [5, 5.41) is 10.9. The summed E-state index contributed by atoms with van der Waals surface area (Å²) >= 11 is 0. The highest BCUT2D eigenvalue weighted by Gasteiger charge is 2.15. The van der Waals surface area contributed by atoms with Crippen molar-refractivity contribution >= 4 is 0 Å². The van der Waals surface area contributed by atoms with Crippen LogP contribution in [0.25, 0.3) is 11.3 Å². The number of hydrogen-bond acceptors (Lipinski definition) is 5. The van der Waals surface area contributed by atoms with Crippen molar-refractivity contribution in [2.24, 2.45) is 0 Å². The van der Waals surface area contributed by atoms with Crippen molar-refractivity contribution in [3.05, 3.63) is 41.6 Å². The first-order valence-corrected chi connectivity index (χ1v) is 8.79. The Morgan fingerprint density at radius 2 is 2.08 bits per heavy atom. The molecule has 0 radical (unpaired) electrons. The second kappa shape index (κ2) is 7.29. The van der Waals surface area contributed by atoms with Gasteiger partial charge in [-0.25, -0.2) is 0 Å². The zero-order valence-electron chi connectivity index (χ0n) is 14.5. The average Bonchev–Trinajstić information content (AvgIpc) is 3.11. The Kier molecular flexibility index (Phi) is 4.72. The molecule has 4 rings (SSSR count). The molecule has 3 heterocycles. The van der Waals surface area contributed by atoms with Crippen LogP contribution in [-0.2, 0) is 6.54 Å². The van der Waals surface area contributed by atoms with Crippen LogP contribution in [-0.4, -0.2) is 55.0 Å². The molecule has 1 aromatic carbocycles. The zero-order chi connectivity index (χ0) is 17.1. The first kappa shape index (κ1) is 16.2. The third kappa shape index (κ3) is 3.70. The van der Waals surface area contributed by atoms with Gasteiger partial charge < -0.3 is 19.7 Å². The summed E-state index contributed by atoms with van der Waals surface area (Å²) in [5.41, 5.74) is 4.74. The predicted octanol–water partition coefficient (Wildman–Crippen LogP) is 2.20. The Hall–Kier alpha value is -2.31. The number of H-pyrrole nitrogens is 1. The molecule has 25 heavy (non-hydrogen) atoms. The van der Waals surface area contributed by atoms with E-state index < -0.39 is 0 Å². The number of benzene rings is 1. The predicted molar refractivity (Wildman–Crippen MR) is 96.9 cm³/mol. The van der Waals surface area contributed by atoms with Gasteiger partial charge in [-0.1, -0.05) is 11.6 Å². The van der Waals surface area contributed by atoms with Crippen molar-refractivity contribution in [2.45, 2.75) is 13.0 Å². The molecule has 0 bridgehead atoms. The first-order valence-electron chi connectivity index (χ1n) is 8.79. The molecule has 0 amide bonds. The van der Waals surface area contributed by atoms with Gasteiger partial charge in [-0.3, -0.25) is 5.10 Å². The number of hydrogen-bond donors (Lipinski definition) is 2. The van der Waals surface area contributed by atoms with Crippen molar-refractivity contribution in [1.82, 2.24) is 20.4 Å². The van der Waals surface area contributed by atoms with Gasteiger partial charge in [0, 0.05) is 37.3 Å². The number of fused-ring (bicyclic) bond motifs is 1. The maximum absolute atomic E-state index is 5.68. The molecule has 1 aromatic heterocycles. The molecule has 6 heteroatoms. The Labute approximate surface area is 147 Å². The first-order chi connectivity index (χ1) is 12.3. The summed E-state index contributed by atoms with van der Waals surface area (Å²) < 4.78 is 11.3. The molecule has 2 aliphatic rings. The van der Waals surface area contributed by atoms with E-state index in [1.54, 1.807) is 0 Å². The molecule has 0 atom stereocenters. The van der Waals surface area contributed by atoms with Crippen LogP contribution in [0.5, 0.6) is 11.5 Å². The summed E-state index contributed by atoms with van der Waals surface area (Å²) in [5.74, 6) is 1.61. The maximum atomic E-state index is 5.68. The molecule has 132 valence electrons. The van der Waals surface area contributed by atoms with E-state index in [-0.39, 0.29) is 0 Å². The fourth-order valence-corrected chi connectivity index (χ4v) is 3.22. The van der Waals surface area contributed by atoms with Gasteiger partial charge in [0.05, 0.1) is 11.9 Å². The van der Waals surface area contributed by atoms with Gasteiger partial charge in [0.25, 0.3) is 0 Å². The molecule has 0 spiro atoms. The molecule has 0 aliphatic carbocycles. The Morgan fingerprint density at radius 3 is 2.92 bits per heavy atom. The van der Waals surface area contributed by atoms with Gasteiger partial charge in [-0.15, -0.1) is 0 Å². The lowest BCUT2D eigenvalue weighted by Gasteiger charge is -2.22. The number of ether oxygens (including phenoxy) is 2. The van der Waals surface area contributed by atoms with Crippen molar-refractivity contribution < 1.29 is 9.47 Å². The van der Waals surface area contributed by atoms with Gasteiger partial charge >= 0.3 is 0 Å². The van der Waals surface area contributed by atoms with E-state index in [2.05, 4.69) is 33.5 Å². The van der Waals surface area contributed by atoms with Crippen molar-refractivity contribution in [3.8, 4) is 22.8 Å². The number of aromatic nitrogens is 2. The minimum Gasteiger partial charge on any atom is -0.486 e. The quantitative estimate of drug-likeness (QED) is 0.817. The highest BCUT2D eigenvalue weighted by molar-refractivity contribution is 5.66. The van der Waals surface area contributed by atoms with E-state index in [1.807, 2.05) is 24.4 Å². The van der Waals surface area contributed by atoms with E-state index in [9.17, 15) is 0 Å². The van der Waals surface area contributed by atoms with Gasteiger partial charge in [-0.05, 0) is 31.7 Å². The molecular weight excluding hydrogens is 316 g/mol. The molecule has 0 saturated carbocycles. The molecule has 0 fully saturated rings. The second-order valence-corrected chi connectivity index (χ2v) is 6.61. The zero-order valence-corrected chi connectivity index (χ0v) is 14.5. The highest BCUT2D eigenvalue weighted by Crippen LogP contribution is 2.34. The maximum Gasteiger partial charge on any atom is 0.162 e. The minimum absolute atomic E-state index is 0.595. The molecule has 0 unspecified atom stereocenters. The van der Waals surface area contributed by atoms with Crippen LogP contribution in [0.4, 0.5) is 0 Å². The third-order valence-electron chi connectivity index (χ3n) is 4.72. The number of likely N-dealkylation sites (N-methyl/N-ethyl adjacent to an activating group) is 1. The van der Waals surface area contributed by atoms with Crippen molar-refractivity contribution in [1.29, 1.82) is 0 Å². The summed E-state index contributed by atoms with van der Waals surface area (Å²) in [7, 11) is 2.16. The lowest BCUT2D eigenvalue weighted by atomic mass is 10.1. The Morgan fingerprint density at radius 1 is 1.20 bits per heavy atom. The minimum atomic E-state index is 0.595. The van der Waals surface area contributed by atoms with E-state index in [1.165, 1.54) is 5.57 Å². The van der Waals surface area contributed by atoms with Crippen LogP contribution in [0.2, 0.25) is 0 Å². The van der Waals surface area contributed by atoms with Crippen molar-refractivity contribution in [2.75, 3.05) is 39.9 Å². The van der Waals surface area contributed by atoms with Gasteiger partial charge in [0.2, 0.25) is 0 Å². The fraction of sp³-hybridized carbons (Fsp3) is 0.421. The largest absolute Gasteiger partial charge is 0.486 e. The fourth-order valence-electron chi connectivity index (χ4n) is 3.22. The van der Waals surface area contributed by atoms with E-state index in [0.717, 1.165) is 60.9 Å². The molecule has 0 saturated heterocycles. The standard InChI is InChI=1S/C19H24N4O2/c1-23-6-4-14(5-7-23)11-20-12-16-13-21-22-19(16)15-2-3-17-18(10-15)25-9-8-24-17/h2-4,10,13,20H,5-9,11-12H2,1H3,(H,21,22). The van der Waals surface area contributed by atoms with E-state index in [0.29, 0.717) is 13.2 Å². The Balaban J connectivity index is 1.42. The number of aromatic amines is 1. The van der Waals surface area contributed by atoms with Gasteiger partial charge in [0.15, 0.2) is 11.5 Å². The second-order valence-electron chi connectivity index (χ2n) is 6.61. The molecule has 2 aromatic rings. The topological polar surface area (TPSA) is 62.4 Å². The average molecular weight is 340 g/mol. The monoisotopic (exact) mass is 340 g/mol. The number of nitrogens with one attached hydrogen (secondary N) is 2. The summed E-state index contributed by atoms with van der Waals surface area (Å²) in [6.45, 7) is 5.11. The van der Waals surface area contributed by atoms with Crippen LogP contribution >= 0.6 is 0 Å². The SMILES string of the molecule is CN1CC=C(CNCc2cn[nH]c2-c2ccc3c(c2)OCCO3)CC1. The van der Waals surface area contributed by atoms with Crippen LogP contribution in [0.3, 0.4) is 0 Å². The van der Waals surface area contributed by atoms with E-state index in [4.69, 9.17) is 9.47 Å². The highest BCUT2D eigenvalue weighted by atomic mass is 16.6.